The zero-order valence-electron chi connectivity index (χ0n) is 10.2. The van der Waals surface area contributed by atoms with Crippen LogP contribution in [0.25, 0.3) is 0 Å². The summed E-state index contributed by atoms with van der Waals surface area (Å²) in [5.41, 5.74) is 0. The van der Waals surface area contributed by atoms with Crippen LogP contribution >= 0.6 is 0 Å². The van der Waals surface area contributed by atoms with Crippen molar-refractivity contribution in [3.05, 3.63) is 36.2 Å². The van der Waals surface area contributed by atoms with Crippen LogP contribution in [-0.4, -0.2) is 29.7 Å². The summed E-state index contributed by atoms with van der Waals surface area (Å²) in [7, 11) is -4.20. The van der Waals surface area contributed by atoms with Crippen molar-refractivity contribution < 1.29 is 17.2 Å². The van der Waals surface area contributed by atoms with Gasteiger partial charge in [-0.3, -0.25) is 0 Å². The van der Waals surface area contributed by atoms with Crippen LogP contribution in [-0.2, 0) is 16.6 Å². The largest absolute Gasteiger partial charge is 0.269 e. The van der Waals surface area contributed by atoms with Gasteiger partial charge in [0.15, 0.2) is 11.6 Å². The lowest BCUT2D eigenvalue weighted by molar-refractivity contribution is 0.481. The molecular weight excluding hydrogens is 290 g/mol. The minimum absolute atomic E-state index is 0.111. The van der Waals surface area contributed by atoms with Crippen LogP contribution in [0.2, 0.25) is 0 Å². The van der Waals surface area contributed by atoms with Crippen molar-refractivity contribution in [3.8, 4) is 0 Å². The van der Waals surface area contributed by atoms with Gasteiger partial charge in [0.05, 0.1) is 0 Å². The Kier molecular flexibility index (Phi) is 2.93. The molecular formula is C11H10F2N4O2S. The average molecular weight is 300 g/mol. The number of aromatic nitrogens is 3. The van der Waals surface area contributed by atoms with Crippen molar-refractivity contribution in [3.63, 3.8) is 0 Å². The Labute approximate surface area is 113 Å². The first-order valence-electron chi connectivity index (χ1n) is 5.86. The maximum absolute atomic E-state index is 13.7. The zero-order chi connectivity index (χ0) is 14.3. The topological polar surface area (TPSA) is 68.1 Å². The molecule has 1 aliphatic heterocycles. The molecule has 2 heterocycles. The lowest BCUT2D eigenvalue weighted by Crippen LogP contribution is -2.38. The standard InChI is InChI=1S/C11H10F2N4O2S/c12-8-3-1-4-9(10(8)13)20(18,19)17-6-2-5-16-11(17)14-7-15-16/h1,3-4,7H,2,5-6H2. The van der Waals surface area contributed by atoms with Crippen LogP contribution < -0.4 is 4.31 Å². The Balaban J connectivity index is 2.13. The van der Waals surface area contributed by atoms with Gasteiger partial charge in [0.2, 0.25) is 5.95 Å². The molecule has 106 valence electrons. The quantitative estimate of drug-likeness (QED) is 0.834. The normalized spacial score (nSPS) is 15.2. The maximum atomic E-state index is 13.7. The number of nitrogens with zero attached hydrogens (tertiary/aromatic N) is 4. The van der Waals surface area contributed by atoms with Gasteiger partial charge in [-0.1, -0.05) is 6.07 Å². The van der Waals surface area contributed by atoms with E-state index < -0.39 is 26.6 Å². The van der Waals surface area contributed by atoms with E-state index in [2.05, 4.69) is 10.1 Å². The Morgan fingerprint density at radius 3 is 2.80 bits per heavy atom. The molecule has 20 heavy (non-hydrogen) atoms. The molecule has 2 aromatic rings. The molecule has 1 aliphatic rings. The van der Waals surface area contributed by atoms with Crippen molar-refractivity contribution in [1.82, 2.24) is 14.8 Å². The minimum atomic E-state index is -4.20. The third-order valence-corrected chi connectivity index (χ3v) is 4.83. The van der Waals surface area contributed by atoms with Crippen molar-refractivity contribution in [2.75, 3.05) is 10.8 Å². The average Bonchev–Trinajstić information content (AvgIpc) is 2.89. The highest BCUT2D eigenvalue weighted by atomic mass is 32.2. The lowest BCUT2D eigenvalue weighted by atomic mass is 10.3. The predicted molar refractivity (Wildman–Crippen MR) is 65.5 cm³/mol. The molecule has 0 spiro atoms. The van der Waals surface area contributed by atoms with Crippen LogP contribution in [0.5, 0.6) is 0 Å². The number of hydrogen-bond donors (Lipinski definition) is 0. The van der Waals surface area contributed by atoms with Crippen LogP contribution in [0.1, 0.15) is 6.42 Å². The Morgan fingerprint density at radius 2 is 2.00 bits per heavy atom. The molecule has 1 aromatic heterocycles. The number of rotatable bonds is 2. The van der Waals surface area contributed by atoms with E-state index in [4.69, 9.17) is 0 Å². The second kappa shape index (κ2) is 4.51. The Morgan fingerprint density at radius 1 is 1.20 bits per heavy atom. The van der Waals surface area contributed by atoms with Gasteiger partial charge < -0.3 is 0 Å². The minimum Gasteiger partial charge on any atom is -0.234 e. The van der Waals surface area contributed by atoms with Gasteiger partial charge in [-0.05, 0) is 18.6 Å². The van der Waals surface area contributed by atoms with Crippen LogP contribution in [0, 0.1) is 11.6 Å². The number of aryl methyl sites for hydroxylation is 1. The number of sulfonamides is 1. The maximum Gasteiger partial charge on any atom is 0.269 e. The van der Waals surface area contributed by atoms with E-state index in [0.717, 1.165) is 22.5 Å². The van der Waals surface area contributed by atoms with Crippen molar-refractivity contribution in [1.29, 1.82) is 0 Å². The van der Waals surface area contributed by atoms with Crippen LogP contribution in [0.15, 0.2) is 29.4 Å². The number of benzene rings is 1. The van der Waals surface area contributed by atoms with Crippen molar-refractivity contribution >= 4 is 16.0 Å². The smallest absolute Gasteiger partial charge is 0.234 e. The van der Waals surface area contributed by atoms with E-state index in [-0.39, 0.29) is 12.5 Å². The van der Waals surface area contributed by atoms with E-state index in [1.54, 1.807) is 0 Å². The number of halogens is 2. The Bertz CT molecular complexity index is 760. The SMILES string of the molecule is O=S(=O)(c1cccc(F)c1F)N1CCCn2ncnc21. The Hall–Kier alpha value is -2.03. The molecule has 1 aromatic carbocycles. The summed E-state index contributed by atoms with van der Waals surface area (Å²) in [5, 5.41) is 3.89. The van der Waals surface area contributed by atoms with E-state index in [1.165, 1.54) is 11.0 Å². The first-order chi connectivity index (χ1) is 9.51. The molecule has 9 heteroatoms. The molecule has 0 fully saturated rings. The lowest BCUT2D eigenvalue weighted by Gasteiger charge is -2.27. The second-order valence-corrected chi connectivity index (χ2v) is 6.10. The first kappa shape index (κ1) is 13.0. The monoisotopic (exact) mass is 300 g/mol. The third kappa shape index (κ3) is 1.85. The predicted octanol–water partition coefficient (Wildman–Crippen LogP) is 1.16. The van der Waals surface area contributed by atoms with Gasteiger partial charge in [0.25, 0.3) is 10.0 Å². The summed E-state index contributed by atoms with van der Waals surface area (Å²) in [6, 6.07) is 3.05. The molecule has 0 saturated heterocycles. The molecule has 0 unspecified atom stereocenters. The summed E-state index contributed by atoms with van der Waals surface area (Å²) in [6.45, 7) is 0.684. The molecule has 3 rings (SSSR count). The first-order valence-corrected chi connectivity index (χ1v) is 7.30. The molecule has 0 bridgehead atoms. The van der Waals surface area contributed by atoms with E-state index in [1.807, 2.05) is 0 Å². The summed E-state index contributed by atoms with van der Waals surface area (Å²) in [4.78, 5) is 3.16. The highest BCUT2D eigenvalue weighted by Crippen LogP contribution is 2.27. The molecule has 0 N–H and O–H groups in total. The molecule has 0 radical (unpaired) electrons. The second-order valence-electron chi connectivity index (χ2n) is 4.27. The van der Waals surface area contributed by atoms with E-state index in [0.29, 0.717) is 13.0 Å². The highest BCUT2D eigenvalue weighted by Gasteiger charge is 2.33. The molecule has 6 nitrogen and oxygen atoms in total. The summed E-state index contributed by atoms with van der Waals surface area (Å²) >= 11 is 0. The van der Waals surface area contributed by atoms with Gasteiger partial charge in [-0.25, -0.2) is 26.2 Å². The molecule has 0 amide bonds. The fourth-order valence-corrected chi connectivity index (χ4v) is 3.64. The fourth-order valence-electron chi connectivity index (χ4n) is 2.10. The van der Waals surface area contributed by atoms with Gasteiger partial charge in [-0.15, -0.1) is 0 Å². The summed E-state index contributed by atoms with van der Waals surface area (Å²) in [6.07, 6.45) is 1.75. The van der Waals surface area contributed by atoms with Crippen LogP contribution in [0.3, 0.4) is 0 Å². The third-order valence-electron chi connectivity index (χ3n) is 3.03. The summed E-state index contributed by atoms with van der Waals surface area (Å²) in [5.74, 6) is -2.48. The van der Waals surface area contributed by atoms with E-state index >= 15 is 0 Å². The fraction of sp³-hybridized carbons (Fsp3) is 0.273. The van der Waals surface area contributed by atoms with Crippen LogP contribution in [0.4, 0.5) is 14.7 Å². The van der Waals surface area contributed by atoms with E-state index in [9.17, 15) is 17.2 Å². The number of fused-ring (bicyclic) bond motifs is 1. The molecule has 0 saturated carbocycles. The number of anilines is 1. The number of hydrogen-bond acceptors (Lipinski definition) is 4. The molecule has 0 aliphatic carbocycles. The van der Waals surface area contributed by atoms with Gasteiger partial charge in [0.1, 0.15) is 11.2 Å². The van der Waals surface area contributed by atoms with Crippen molar-refractivity contribution in [2.45, 2.75) is 17.9 Å². The van der Waals surface area contributed by atoms with Gasteiger partial charge in [0, 0.05) is 13.1 Å². The zero-order valence-corrected chi connectivity index (χ0v) is 11.0. The molecule has 0 atom stereocenters. The highest BCUT2D eigenvalue weighted by molar-refractivity contribution is 7.92. The van der Waals surface area contributed by atoms with Crippen molar-refractivity contribution in [2.24, 2.45) is 0 Å². The van der Waals surface area contributed by atoms with Gasteiger partial charge in [-0.2, -0.15) is 10.1 Å². The summed E-state index contributed by atoms with van der Waals surface area (Å²) < 4.78 is 54.2. The van der Waals surface area contributed by atoms with Gasteiger partial charge >= 0.3 is 0 Å².